The van der Waals surface area contributed by atoms with Crippen molar-refractivity contribution in [2.45, 2.75) is 63.1 Å². The number of carbonyl (C=O) groups excluding carboxylic acids is 1. The van der Waals surface area contributed by atoms with Crippen molar-refractivity contribution in [1.29, 1.82) is 0 Å². The first-order valence-corrected chi connectivity index (χ1v) is 8.00. The van der Waals surface area contributed by atoms with E-state index in [1.165, 1.54) is 45.1 Å². The van der Waals surface area contributed by atoms with Gasteiger partial charge in [0.15, 0.2) is 0 Å². The van der Waals surface area contributed by atoms with E-state index in [0.717, 1.165) is 18.9 Å². The molecule has 1 amide bonds. The second-order valence-corrected chi connectivity index (χ2v) is 6.53. The minimum absolute atomic E-state index is 0.0826. The summed E-state index contributed by atoms with van der Waals surface area (Å²) in [7, 11) is 1.92. The van der Waals surface area contributed by atoms with Crippen molar-refractivity contribution in [3.05, 3.63) is 0 Å². The Labute approximate surface area is 116 Å². The van der Waals surface area contributed by atoms with E-state index in [4.69, 9.17) is 0 Å². The highest BCUT2D eigenvalue weighted by atomic mass is 16.2. The van der Waals surface area contributed by atoms with Crippen LogP contribution < -0.4 is 10.6 Å². The average Bonchev–Trinajstić information content (AvgIpc) is 3.02. The van der Waals surface area contributed by atoms with Gasteiger partial charge in [0.1, 0.15) is 0 Å². The fraction of sp³-hybridized carbons (Fsp3) is 0.933. The van der Waals surface area contributed by atoms with Crippen LogP contribution >= 0.6 is 0 Å². The van der Waals surface area contributed by atoms with Crippen LogP contribution in [0.25, 0.3) is 0 Å². The zero-order chi connectivity index (χ0) is 13.2. The maximum atomic E-state index is 12.0. The Kier molecular flexibility index (Phi) is 4.08. The molecule has 0 aromatic rings. The van der Waals surface area contributed by atoms with E-state index in [2.05, 4.69) is 10.6 Å². The van der Waals surface area contributed by atoms with Crippen LogP contribution in [-0.2, 0) is 4.79 Å². The molecule has 0 bridgehead atoms. The van der Waals surface area contributed by atoms with Crippen LogP contribution in [0.1, 0.15) is 44.9 Å². The van der Waals surface area contributed by atoms with Crippen LogP contribution in [0.3, 0.4) is 0 Å². The topological polar surface area (TPSA) is 44.4 Å². The highest BCUT2D eigenvalue weighted by Gasteiger charge is 2.38. The van der Waals surface area contributed by atoms with E-state index < -0.39 is 0 Å². The molecule has 3 aliphatic rings. The second-order valence-electron chi connectivity index (χ2n) is 6.53. The maximum Gasteiger partial charge on any atom is 0.239 e. The van der Waals surface area contributed by atoms with Gasteiger partial charge in [-0.05, 0) is 44.6 Å². The van der Waals surface area contributed by atoms with Crippen LogP contribution in [-0.4, -0.2) is 49.1 Å². The van der Waals surface area contributed by atoms with Crippen molar-refractivity contribution in [1.82, 2.24) is 15.5 Å². The van der Waals surface area contributed by atoms with Gasteiger partial charge in [0.25, 0.3) is 0 Å². The molecule has 4 heteroatoms. The summed E-state index contributed by atoms with van der Waals surface area (Å²) in [6.45, 7) is 2.09. The summed E-state index contributed by atoms with van der Waals surface area (Å²) >= 11 is 0. The molecule has 2 saturated heterocycles. The van der Waals surface area contributed by atoms with Gasteiger partial charge in [0, 0.05) is 25.7 Å². The number of nitrogens with one attached hydrogen (secondary N) is 2. The van der Waals surface area contributed by atoms with Crippen molar-refractivity contribution in [3.8, 4) is 0 Å². The van der Waals surface area contributed by atoms with Crippen LogP contribution in [0.5, 0.6) is 0 Å². The van der Waals surface area contributed by atoms with Gasteiger partial charge < -0.3 is 15.5 Å². The number of amides is 1. The molecular formula is C15H27N3O. The third kappa shape index (κ3) is 2.79. The molecular weight excluding hydrogens is 238 g/mol. The van der Waals surface area contributed by atoms with E-state index in [0.29, 0.717) is 18.0 Å². The largest absolute Gasteiger partial charge is 0.344 e. The van der Waals surface area contributed by atoms with Crippen LogP contribution in [0.15, 0.2) is 0 Å². The molecule has 2 N–H and O–H groups in total. The van der Waals surface area contributed by atoms with Gasteiger partial charge in [0.2, 0.25) is 5.91 Å². The fourth-order valence-electron chi connectivity index (χ4n) is 4.16. The summed E-state index contributed by atoms with van der Waals surface area (Å²) < 4.78 is 0. The number of piperidine rings is 1. The van der Waals surface area contributed by atoms with Crippen molar-refractivity contribution in [3.63, 3.8) is 0 Å². The average molecular weight is 265 g/mol. The summed E-state index contributed by atoms with van der Waals surface area (Å²) in [6, 6.07) is 1.32. The molecule has 4 unspecified atom stereocenters. The van der Waals surface area contributed by atoms with E-state index >= 15 is 0 Å². The Balaban J connectivity index is 1.58. The lowest BCUT2D eigenvalue weighted by atomic mass is 9.88. The highest BCUT2D eigenvalue weighted by Crippen LogP contribution is 2.32. The Bertz CT molecular complexity index is 327. The third-order valence-electron chi connectivity index (χ3n) is 5.28. The number of hydrogen-bond donors (Lipinski definition) is 2. The van der Waals surface area contributed by atoms with E-state index in [-0.39, 0.29) is 6.04 Å². The van der Waals surface area contributed by atoms with Crippen LogP contribution in [0.4, 0.5) is 0 Å². The molecule has 0 radical (unpaired) electrons. The molecule has 1 aliphatic carbocycles. The lowest BCUT2D eigenvalue weighted by molar-refractivity contribution is -0.128. The van der Waals surface area contributed by atoms with Crippen molar-refractivity contribution < 1.29 is 4.79 Å². The third-order valence-corrected chi connectivity index (χ3v) is 5.28. The van der Waals surface area contributed by atoms with E-state index in [1.54, 1.807) is 0 Å². The van der Waals surface area contributed by atoms with Crippen LogP contribution in [0.2, 0.25) is 0 Å². The molecule has 0 spiro atoms. The molecule has 4 atom stereocenters. The zero-order valence-electron chi connectivity index (χ0n) is 12.0. The fourth-order valence-corrected chi connectivity index (χ4v) is 4.16. The quantitative estimate of drug-likeness (QED) is 0.804. The molecule has 2 aliphatic heterocycles. The summed E-state index contributed by atoms with van der Waals surface area (Å²) in [4.78, 5) is 13.9. The van der Waals surface area contributed by atoms with Crippen LogP contribution in [0, 0.1) is 5.92 Å². The molecule has 3 rings (SSSR count). The molecule has 108 valence electrons. The van der Waals surface area contributed by atoms with E-state index in [9.17, 15) is 4.79 Å². The highest BCUT2D eigenvalue weighted by molar-refractivity contribution is 5.83. The number of carbonyl (C=O) groups is 1. The van der Waals surface area contributed by atoms with Crippen molar-refractivity contribution >= 4 is 5.91 Å². The molecule has 1 saturated carbocycles. The summed E-state index contributed by atoms with van der Waals surface area (Å²) in [5.74, 6) is 1.03. The lowest BCUT2D eigenvalue weighted by Crippen LogP contribution is -2.50. The van der Waals surface area contributed by atoms with Gasteiger partial charge in [-0.15, -0.1) is 0 Å². The number of likely N-dealkylation sites (tertiary alicyclic amines) is 1. The standard InChI is InChI=1S/C15H27N3O/c1-18-10-8-14(15(18)19)17-13-7-4-5-11(13)12-6-2-3-9-16-12/h11-14,16-17H,2-10H2,1H3. The first-order valence-electron chi connectivity index (χ1n) is 8.00. The van der Waals surface area contributed by atoms with Gasteiger partial charge in [0.05, 0.1) is 6.04 Å². The van der Waals surface area contributed by atoms with Gasteiger partial charge in [-0.3, -0.25) is 4.79 Å². The van der Waals surface area contributed by atoms with Gasteiger partial charge in [-0.2, -0.15) is 0 Å². The molecule has 0 aromatic heterocycles. The van der Waals surface area contributed by atoms with E-state index in [1.807, 2.05) is 11.9 Å². The summed E-state index contributed by atoms with van der Waals surface area (Å²) in [5.41, 5.74) is 0. The molecule has 4 nitrogen and oxygen atoms in total. The minimum Gasteiger partial charge on any atom is -0.344 e. The Hall–Kier alpha value is -0.610. The Morgan fingerprint density at radius 2 is 2.05 bits per heavy atom. The lowest BCUT2D eigenvalue weighted by Gasteiger charge is -2.34. The predicted molar refractivity (Wildman–Crippen MR) is 75.9 cm³/mol. The van der Waals surface area contributed by atoms with Gasteiger partial charge in [-0.1, -0.05) is 12.8 Å². The number of nitrogens with zero attached hydrogens (tertiary/aromatic N) is 1. The molecule has 3 fully saturated rings. The number of hydrogen-bond acceptors (Lipinski definition) is 3. The zero-order valence-corrected chi connectivity index (χ0v) is 12.0. The van der Waals surface area contributed by atoms with Gasteiger partial charge >= 0.3 is 0 Å². The second kappa shape index (κ2) is 5.80. The number of likely N-dealkylation sites (N-methyl/N-ethyl adjacent to an activating group) is 1. The minimum atomic E-state index is 0.0826. The Morgan fingerprint density at radius 1 is 1.16 bits per heavy atom. The number of rotatable bonds is 3. The summed E-state index contributed by atoms with van der Waals surface area (Å²) in [5, 5.41) is 7.37. The SMILES string of the molecule is CN1CCC(NC2CCCC2C2CCCCN2)C1=O. The smallest absolute Gasteiger partial charge is 0.239 e. The molecule has 2 heterocycles. The molecule has 0 aromatic carbocycles. The van der Waals surface area contributed by atoms with Gasteiger partial charge in [-0.25, -0.2) is 0 Å². The normalized spacial score (nSPS) is 40.1. The first-order chi connectivity index (χ1) is 9.25. The first kappa shape index (κ1) is 13.4. The maximum absolute atomic E-state index is 12.0. The van der Waals surface area contributed by atoms with Crippen molar-refractivity contribution in [2.24, 2.45) is 5.92 Å². The summed E-state index contributed by atoms with van der Waals surface area (Å²) in [6.07, 6.45) is 8.89. The monoisotopic (exact) mass is 265 g/mol. The Morgan fingerprint density at radius 3 is 2.74 bits per heavy atom. The van der Waals surface area contributed by atoms with Crippen molar-refractivity contribution in [2.75, 3.05) is 20.1 Å². The predicted octanol–water partition coefficient (Wildman–Crippen LogP) is 1.12. The molecule has 19 heavy (non-hydrogen) atoms.